The third kappa shape index (κ3) is 8.84. The Morgan fingerprint density at radius 1 is 1.33 bits per heavy atom. The van der Waals surface area contributed by atoms with E-state index in [-0.39, 0.29) is 18.1 Å². The van der Waals surface area contributed by atoms with Crippen molar-refractivity contribution < 1.29 is 13.5 Å². The number of hydrogen-bond acceptors (Lipinski definition) is 4. The van der Waals surface area contributed by atoms with E-state index in [4.69, 9.17) is 5.11 Å². The number of sulfone groups is 1. The van der Waals surface area contributed by atoms with E-state index in [2.05, 4.69) is 5.32 Å². The van der Waals surface area contributed by atoms with E-state index in [0.717, 1.165) is 19.4 Å². The summed E-state index contributed by atoms with van der Waals surface area (Å²) in [5.74, 6) is 0.779. The molecule has 5 heteroatoms. The SMILES string of the molecule is CCS(=O)(=O)CCNCCCC(C)CO. The highest BCUT2D eigenvalue weighted by Crippen LogP contribution is 2.02. The normalized spacial score (nSPS) is 14.1. The Bertz CT molecular complexity index is 239. The summed E-state index contributed by atoms with van der Waals surface area (Å²) >= 11 is 0. The maximum Gasteiger partial charge on any atom is 0.151 e. The van der Waals surface area contributed by atoms with E-state index < -0.39 is 9.84 Å². The van der Waals surface area contributed by atoms with Crippen LogP contribution in [0.4, 0.5) is 0 Å². The third-order valence-corrected chi connectivity index (χ3v) is 4.10. The largest absolute Gasteiger partial charge is 0.396 e. The van der Waals surface area contributed by atoms with E-state index in [1.165, 1.54) is 0 Å². The van der Waals surface area contributed by atoms with Crippen molar-refractivity contribution in [3.05, 3.63) is 0 Å². The summed E-state index contributed by atoms with van der Waals surface area (Å²) < 4.78 is 22.2. The molecule has 0 bridgehead atoms. The quantitative estimate of drug-likeness (QED) is 0.570. The van der Waals surface area contributed by atoms with Crippen molar-refractivity contribution in [2.75, 3.05) is 31.2 Å². The summed E-state index contributed by atoms with van der Waals surface area (Å²) in [4.78, 5) is 0. The first-order valence-corrected chi connectivity index (χ1v) is 7.36. The second-order valence-electron chi connectivity index (χ2n) is 3.92. The highest BCUT2D eigenvalue weighted by molar-refractivity contribution is 7.91. The molecular weight excluding hydrogens is 214 g/mol. The highest BCUT2D eigenvalue weighted by atomic mass is 32.2. The first-order valence-electron chi connectivity index (χ1n) is 5.53. The van der Waals surface area contributed by atoms with Crippen LogP contribution in [-0.2, 0) is 9.84 Å². The molecule has 0 fully saturated rings. The van der Waals surface area contributed by atoms with Crippen molar-refractivity contribution in [1.82, 2.24) is 5.32 Å². The van der Waals surface area contributed by atoms with Gasteiger partial charge in [-0.3, -0.25) is 0 Å². The molecule has 0 spiro atoms. The molecule has 15 heavy (non-hydrogen) atoms. The van der Waals surface area contributed by atoms with E-state index in [9.17, 15) is 8.42 Å². The predicted molar refractivity (Wildman–Crippen MR) is 62.7 cm³/mol. The number of nitrogens with one attached hydrogen (secondary N) is 1. The zero-order valence-electron chi connectivity index (χ0n) is 9.70. The van der Waals surface area contributed by atoms with Crippen molar-refractivity contribution >= 4 is 9.84 Å². The fraction of sp³-hybridized carbons (Fsp3) is 1.00. The van der Waals surface area contributed by atoms with Crippen molar-refractivity contribution in [3.63, 3.8) is 0 Å². The van der Waals surface area contributed by atoms with E-state index in [0.29, 0.717) is 12.5 Å². The number of aliphatic hydroxyl groups is 1. The topological polar surface area (TPSA) is 66.4 Å². The molecular formula is C10H23NO3S. The Morgan fingerprint density at radius 2 is 2.00 bits per heavy atom. The molecule has 0 aliphatic rings. The number of rotatable bonds is 9. The van der Waals surface area contributed by atoms with Gasteiger partial charge in [0.15, 0.2) is 9.84 Å². The zero-order chi connectivity index (χ0) is 11.7. The third-order valence-electron chi connectivity index (χ3n) is 2.39. The Morgan fingerprint density at radius 3 is 2.53 bits per heavy atom. The van der Waals surface area contributed by atoms with Crippen molar-refractivity contribution in [2.24, 2.45) is 5.92 Å². The lowest BCUT2D eigenvalue weighted by Gasteiger charge is -2.08. The maximum atomic E-state index is 11.1. The molecule has 0 aliphatic heterocycles. The summed E-state index contributed by atoms with van der Waals surface area (Å²) in [5, 5.41) is 11.9. The smallest absolute Gasteiger partial charge is 0.151 e. The Kier molecular flexibility index (Phi) is 8.00. The first kappa shape index (κ1) is 14.9. The van der Waals surface area contributed by atoms with Gasteiger partial charge in [-0.25, -0.2) is 8.42 Å². The van der Waals surface area contributed by atoms with Gasteiger partial charge in [-0.15, -0.1) is 0 Å². The van der Waals surface area contributed by atoms with Crippen LogP contribution in [0.1, 0.15) is 26.7 Å². The van der Waals surface area contributed by atoms with Crippen LogP contribution in [0.3, 0.4) is 0 Å². The predicted octanol–water partition coefficient (Wildman–Crippen LogP) is 0.419. The molecule has 4 nitrogen and oxygen atoms in total. The Balaban J connectivity index is 3.33. The Hall–Kier alpha value is -0.130. The standard InChI is InChI=1S/C10H23NO3S/c1-3-15(13,14)8-7-11-6-4-5-10(2)9-12/h10-12H,3-9H2,1-2H3. The molecule has 1 atom stereocenters. The van der Waals surface area contributed by atoms with Gasteiger partial charge in [-0.2, -0.15) is 0 Å². The number of hydrogen-bond donors (Lipinski definition) is 2. The fourth-order valence-electron chi connectivity index (χ4n) is 1.16. The second-order valence-corrected chi connectivity index (χ2v) is 6.39. The van der Waals surface area contributed by atoms with Crippen LogP contribution in [0, 0.1) is 5.92 Å². The zero-order valence-corrected chi connectivity index (χ0v) is 10.5. The molecule has 0 saturated carbocycles. The van der Waals surface area contributed by atoms with E-state index >= 15 is 0 Å². The maximum absolute atomic E-state index is 11.1. The summed E-state index contributed by atoms with van der Waals surface area (Å²) in [6.45, 7) is 5.25. The average molecular weight is 237 g/mol. The minimum absolute atomic E-state index is 0.218. The molecule has 92 valence electrons. The van der Waals surface area contributed by atoms with Gasteiger partial charge in [0.2, 0.25) is 0 Å². The van der Waals surface area contributed by atoms with Gasteiger partial charge in [-0.05, 0) is 25.3 Å². The van der Waals surface area contributed by atoms with Crippen LogP contribution in [0.5, 0.6) is 0 Å². The van der Waals surface area contributed by atoms with Gasteiger partial charge < -0.3 is 10.4 Å². The molecule has 0 heterocycles. The molecule has 0 aromatic heterocycles. The van der Waals surface area contributed by atoms with Crippen molar-refractivity contribution in [1.29, 1.82) is 0 Å². The summed E-state index contributed by atoms with van der Waals surface area (Å²) in [5.41, 5.74) is 0. The van der Waals surface area contributed by atoms with Crippen molar-refractivity contribution in [3.8, 4) is 0 Å². The first-order chi connectivity index (χ1) is 7.02. The minimum atomic E-state index is -2.83. The van der Waals surface area contributed by atoms with Crippen LogP contribution in [0.25, 0.3) is 0 Å². The molecule has 0 saturated heterocycles. The molecule has 0 rings (SSSR count). The van der Waals surface area contributed by atoms with Gasteiger partial charge in [0.25, 0.3) is 0 Å². The van der Waals surface area contributed by atoms with Gasteiger partial charge in [0.1, 0.15) is 0 Å². The molecule has 0 radical (unpaired) electrons. The van der Waals surface area contributed by atoms with Crippen LogP contribution in [0.2, 0.25) is 0 Å². The molecule has 2 N–H and O–H groups in total. The molecule has 0 aromatic rings. The number of aliphatic hydroxyl groups excluding tert-OH is 1. The van der Waals surface area contributed by atoms with Crippen LogP contribution >= 0.6 is 0 Å². The average Bonchev–Trinajstić information content (AvgIpc) is 2.22. The monoisotopic (exact) mass is 237 g/mol. The summed E-state index contributed by atoms with van der Waals surface area (Å²) in [6, 6.07) is 0. The lowest BCUT2D eigenvalue weighted by molar-refractivity contribution is 0.228. The van der Waals surface area contributed by atoms with Crippen LogP contribution in [-0.4, -0.2) is 44.7 Å². The molecule has 0 aromatic carbocycles. The lowest BCUT2D eigenvalue weighted by Crippen LogP contribution is -2.25. The van der Waals surface area contributed by atoms with Gasteiger partial charge in [0.05, 0.1) is 5.75 Å². The Labute approximate surface area is 93.0 Å². The second kappa shape index (κ2) is 8.07. The summed E-state index contributed by atoms with van der Waals surface area (Å²) in [7, 11) is -2.83. The highest BCUT2D eigenvalue weighted by Gasteiger charge is 2.05. The molecule has 0 amide bonds. The minimum Gasteiger partial charge on any atom is -0.396 e. The van der Waals surface area contributed by atoms with E-state index in [1.807, 2.05) is 6.92 Å². The summed E-state index contributed by atoms with van der Waals surface area (Å²) in [6.07, 6.45) is 1.96. The van der Waals surface area contributed by atoms with Crippen molar-refractivity contribution in [2.45, 2.75) is 26.7 Å². The molecule has 1 unspecified atom stereocenters. The lowest BCUT2D eigenvalue weighted by atomic mass is 10.1. The molecule has 0 aliphatic carbocycles. The van der Waals surface area contributed by atoms with Gasteiger partial charge in [-0.1, -0.05) is 13.8 Å². The fourth-order valence-corrected chi connectivity index (χ4v) is 1.91. The van der Waals surface area contributed by atoms with Gasteiger partial charge >= 0.3 is 0 Å². The van der Waals surface area contributed by atoms with E-state index in [1.54, 1.807) is 6.92 Å². The van der Waals surface area contributed by atoms with Crippen LogP contribution < -0.4 is 5.32 Å². The van der Waals surface area contributed by atoms with Crippen LogP contribution in [0.15, 0.2) is 0 Å². The van der Waals surface area contributed by atoms with Gasteiger partial charge in [0, 0.05) is 18.9 Å².